The first-order valence-corrected chi connectivity index (χ1v) is 6.77. The van der Waals surface area contributed by atoms with E-state index in [1.54, 1.807) is 12.1 Å². The number of rotatable bonds is 2. The highest BCUT2D eigenvalue weighted by atomic mass is 19.1. The number of hydrogen-bond donors (Lipinski definition) is 1. The van der Waals surface area contributed by atoms with Crippen molar-refractivity contribution in [3.05, 3.63) is 35.1 Å². The van der Waals surface area contributed by atoms with Crippen molar-refractivity contribution in [3.63, 3.8) is 0 Å². The van der Waals surface area contributed by atoms with Gasteiger partial charge in [0.05, 0.1) is 18.8 Å². The van der Waals surface area contributed by atoms with Gasteiger partial charge in [0.1, 0.15) is 5.82 Å². The van der Waals surface area contributed by atoms with Crippen LogP contribution in [0.2, 0.25) is 0 Å². The molecule has 2 bridgehead atoms. The second-order valence-corrected chi connectivity index (χ2v) is 5.61. The fourth-order valence-electron chi connectivity index (χ4n) is 3.10. The van der Waals surface area contributed by atoms with Crippen LogP contribution in [0.1, 0.15) is 28.8 Å². The number of benzene rings is 1. The molecule has 3 nitrogen and oxygen atoms in total. The molecule has 0 saturated carbocycles. The minimum atomic E-state index is -0.407. The lowest BCUT2D eigenvalue weighted by Crippen LogP contribution is -2.55. The topological polar surface area (TPSA) is 38.3 Å². The molecule has 2 aliphatic heterocycles. The molecule has 0 spiro atoms. The molecule has 3 rings (SSSR count). The molecule has 19 heavy (non-hydrogen) atoms. The molecule has 0 aromatic heterocycles. The number of piperidine rings is 1. The molecule has 2 saturated heterocycles. The number of morpholine rings is 1. The van der Waals surface area contributed by atoms with E-state index in [1.165, 1.54) is 6.07 Å². The summed E-state index contributed by atoms with van der Waals surface area (Å²) in [7, 11) is 0. The monoisotopic (exact) mass is 263 g/mol. The third kappa shape index (κ3) is 2.55. The fraction of sp³-hybridized carbons (Fsp3) is 0.533. The maximum absolute atomic E-state index is 13.8. The highest BCUT2D eigenvalue weighted by Gasteiger charge is 2.36. The van der Waals surface area contributed by atoms with Gasteiger partial charge in [-0.25, -0.2) is 4.39 Å². The number of carbonyl (C=O) groups excluding carboxylic acids is 1. The van der Waals surface area contributed by atoms with Gasteiger partial charge in [-0.15, -0.1) is 0 Å². The minimum Gasteiger partial charge on any atom is -0.378 e. The van der Waals surface area contributed by atoms with Crippen LogP contribution in [0.25, 0.3) is 0 Å². The minimum absolute atomic E-state index is 0.0559. The van der Waals surface area contributed by atoms with Gasteiger partial charge in [-0.2, -0.15) is 0 Å². The molecule has 1 N–H and O–H groups in total. The summed E-state index contributed by atoms with van der Waals surface area (Å²) in [5, 5.41) is 3.44. The number of nitrogens with one attached hydrogen (secondary N) is 1. The molecular weight excluding hydrogens is 245 g/mol. The Balaban J connectivity index is 1.82. The zero-order valence-corrected chi connectivity index (χ0v) is 11.0. The van der Waals surface area contributed by atoms with E-state index in [0.29, 0.717) is 13.2 Å². The van der Waals surface area contributed by atoms with E-state index >= 15 is 0 Å². The Morgan fingerprint density at radius 3 is 2.68 bits per heavy atom. The van der Waals surface area contributed by atoms with Crippen molar-refractivity contribution in [3.8, 4) is 0 Å². The third-order valence-electron chi connectivity index (χ3n) is 4.01. The van der Waals surface area contributed by atoms with Crippen molar-refractivity contribution in [2.45, 2.75) is 31.8 Å². The van der Waals surface area contributed by atoms with Crippen LogP contribution in [0.4, 0.5) is 4.39 Å². The summed E-state index contributed by atoms with van der Waals surface area (Å²) in [5.41, 5.74) is 1.16. The molecule has 4 heteroatoms. The van der Waals surface area contributed by atoms with E-state index in [9.17, 15) is 9.18 Å². The highest BCUT2D eigenvalue weighted by molar-refractivity contribution is 5.98. The first-order chi connectivity index (χ1) is 9.13. The Hall–Kier alpha value is -1.26. The molecule has 2 fully saturated rings. The molecule has 2 unspecified atom stereocenters. The average molecular weight is 263 g/mol. The Morgan fingerprint density at radius 1 is 1.32 bits per heavy atom. The molecule has 102 valence electrons. The molecule has 1 aromatic rings. The van der Waals surface area contributed by atoms with Crippen LogP contribution in [0, 0.1) is 18.7 Å². The lowest BCUT2D eigenvalue weighted by Gasteiger charge is -2.39. The van der Waals surface area contributed by atoms with Crippen molar-refractivity contribution in [2.24, 2.45) is 5.92 Å². The van der Waals surface area contributed by atoms with Crippen molar-refractivity contribution in [1.29, 1.82) is 0 Å². The van der Waals surface area contributed by atoms with Gasteiger partial charge in [0, 0.05) is 18.0 Å². The zero-order chi connectivity index (χ0) is 13.4. The molecule has 2 atom stereocenters. The molecular formula is C15H18FNO2. The van der Waals surface area contributed by atoms with Crippen molar-refractivity contribution >= 4 is 5.78 Å². The molecule has 2 aliphatic rings. The number of carbonyl (C=O) groups is 1. The van der Waals surface area contributed by atoms with Crippen LogP contribution in [0.5, 0.6) is 0 Å². The smallest absolute Gasteiger partial charge is 0.169 e. The van der Waals surface area contributed by atoms with Crippen LogP contribution in [0.3, 0.4) is 0 Å². The van der Waals surface area contributed by atoms with Gasteiger partial charge in [0.25, 0.3) is 0 Å². The zero-order valence-electron chi connectivity index (χ0n) is 11.0. The summed E-state index contributed by atoms with van der Waals surface area (Å²) < 4.78 is 19.3. The van der Waals surface area contributed by atoms with Crippen LogP contribution in [0.15, 0.2) is 18.2 Å². The highest BCUT2D eigenvalue weighted by Crippen LogP contribution is 2.28. The van der Waals surface area contributed by atoms with Crippen molar-refractivity contribution < 1.29 is 13.9 Å². The third-order valence-corrected chi connectivity index (χ3v) is 4.01. The lowest BCUT2D eigenvalue weighted by atomic mass is 9.82. The number of aryl methyl sites for hydroxylation is 1. The van der Waals surface area contributed by atoms with E-state index in [0.717, 1.165) is 18.4 Å². The van der Waals surface area contributed by atoms with Gasteiger partial charge < -0.3 is 10.1 Å². The first kappa shape index (κ1) is 12.8. The second kappa shape index (κ2) is 5.02. The summed E-state index contributed by atoms with van der Waals surface area (Å²) in [6.07, 6.45) is 1.48. The molecule has 0 radical (unpaired) electrons. The van der Waals surface area contributed by atoms with Crippen LogP contribution in [-0.4, -0.2) is 31.1 Å². The Bertz CT molecular complexity index is 491. The van der Waals surface area contributed by atoms with Gasteiger partial charge in [-0.1, -0.05) is 11.6 Å². The summed E-state index contributed by atoms with van der Waals surface area (Å²) in [6.45, 7) is 3.17. The summed E-state index contributed by atoms with van der Waals surface area (Å²) in [5.74, 6) is -0.549. The predicted octanol–water partition coefficient (Wildman–Crippen LogP) is 2.08. The Morgan fingerprint density at radius 2 is 2.00 bits per heavy atom. The average Bonchev–Trinajstić information content (AvgIpc) is 2.40. The van der Waals surface area contributed by atoms with E-state index in [2.05, 4.69) is 5.32 Å². The summed E-state index contributed by atoms with van der Waals surface area (Å²) >= 11 is 0. The predicted molar refractivity (Wildman–Crippen MR) is 69.7 cm³/mol. The second-order valence-electron chi connectivity index (χ2n) is 5.61. The Kier molecular flexibility index (Phi) is 3.37. The standard InChI is InChI=1S/C15H18FNO2/c1-9-2-3-14(16)13(4-9)15(18)10-5-11-7-19-8-12(6-10)17-11/h2-4,10-12,17H,5-8H2,1H3. The maximum Gasteiger partial charge on any atom is 0.169 e. The molecule has 2 heterocycles. The van der Waals surface area contributed by atoms with Crippen LogP contribution in [-0.2, 0) is 4.74 Å². The van der Waals surface area contributed by atoms with Crippen molar-refractivity contribution in [1.82, 2.24) is 5.32 Å². The summed E-state index contributed by atoms with van der Waals surface area (Å²) in [6, 6.07) is 5.19. The van der Waals surface area contributed by atoms with Gasteiger partial charge in [0.2, 0.25) is 0 Å². The van der Waals surface area contributed by atoms with Gasteiger partial charge >= 0.3 is 0 Å². The molecule has 0 aliphatic carbocycles. The normalized spacial score (nSPS) is 30.1. The quantitative estimate of drug-likeness (QED) is 0.830. The van der Waals surface area contributed by atoms with Crippen molar-refractivity contribution in [2.75, 3.05) is 13.2 Å². The Labute approximate surface area is 112 Å². The van der Waals surface area contributed by atoms with Crippen LogP contribution < -0.4 is 5.32 Å². The maximum atomic E-state index is 13.8. The van der Waals surface area contributed by atoms with E-state index in [-0.39, 0.29) is 29.3 Å². The van der Waals surface area contributed by atoms with Gasteiger partial charge in [-0.05, 0) is 31.9 Å². The van der Waals surface area contributed by atoms with Gasteiger partial charge in [-0.3, -0.25) is 4.79 Å². The van der Waals surface area contributed by atoms with Gasteiger partial charge in [0.15, 0.2) is 5.78 Å². The fourth-order valence-corrected chi connectivity index (χ4v) is 3.10. The van der Waals surface area contributed by atoms with Crippen LogP contribution >= 0.6 is 0 Å². The van der Waals surface area contributed by atoms with E-state index in [4.69, 9.17) is 4.74 Å². The number of ketones is 1. The number of halogens is 1. The SMILES string of the molecule is Cc1ccc(F)c(C(=O)C2CC3COCC(C2)N3)c1. The number of Topliss-reactive ketones (excluding diaryl/α,β-unsaturated/α-hetero) is 1. The molecule has 1 aromatic carbocycles. The number of ether oxygens (including phenoxy) is 1. The summed E-state index contributed by atoms with van der Waals surface area (Å²) in [4.78, 5) is 12.5. The van der Waals surface area contributed by atoms with E-state index < -0.39 is 5.82 Å². The number of hydrogen-bond acceptors (Lipinski definition) is 3. The first-order valence-electron chi connectivity index (χ1n) is 6.77. The largest absolute Gasteiger partial charge is 0.378 e. The van der Waals surface area contributed by atoms with E-state index in [1.807, 2.05) is 6.92 Å². The lowest BCUT2D eigenvalue weighted by molar-refractivity contribution is 0.00945. The number of fused-ring (bicyclic) bond motifs is 2. The molecule has 0 amide bonds.